The summed E-state index contributed by atoms with van der Waals surface area (Å²) < 4.78 is 13.0. The predicted octanol–water partition coefficient (Wildman–Crippen LogP) is 2.38. The van der Waals surface area contributed by atoms with Crippen LogP contribution in [0.25, 0.3) is 0 Å². The van der Waals surface area contributed by atoms with Gasteiger partial charge in [-0.3, -0.25) is 4.79 Å². The number of amides is 1. The van der Waals surface area contributed by atoms with Crippen LogP contribution in [0.3, 0.4) is 0 Å². The van der Waals surface area contributed by atoms with Crippen molar-refractivity contribution >= 4 is 11.6 Å². The third kappa shape index (κ3) is 4.80. The van der Waals surface area contributed by atoms with Crippen molar-refractivity contribution < 1.29 is 9.18 Å². The Kier molecular flexibility index (Phi) is 6.20. The Bertz CT molecular complexity index is 708. The maximum absolute atomic E-state index is 13.0. The summed E-state index contributed by atoms with van der Waals surface area (Å²) >= 11 is 0. The molecule has 2 aromatic carbocycles. The number of hydrazine groups is 1. The molecule has 1 saturated heterocycles. The summed E-state index contributed by atoms with van der Waals surface area (Å²) in [6.07, 6.45) is 1.51. The highest BCUT2D eigenvalue weighted by Crippen LogP contribution is 2.22. The van der Waals surface area contributed by atoms with E-state index in [0.717, 1.165) is 18.5 Å². The van der Waals surface area contributed by atoms with E-state index in [1.807, 2.05) is 25.2 Å². The number of hydrogen-bond donors (Lipinski definition) is 3. The summed E-state index contributed by atoms with van der Waals surface area (Å²) in [5, 5.41) is 2.98. The zero-order valence-corrected chi connectivity index (χ0v) is 14.9. The Balaban J connectivity index is 1.38. The van der Waals surface area contributed by atoms with E-state index < -0.39 is 0 Å². The van der Waals surface area contributed by atoms with Crippen LogP contribution < -0.4 is 21.1 Å². The Labute approximate surface area is 153 Å². The van der Waals surface area contributed by atoms with Gasteiger partial charge in [0.25, 0.3) is 0 Å². The second-order valence-electron chi connectivity index (χ2n) is 6.58. The smallest absolute Gasteiger partial charge is 0.238 e. The summed E-state index contributed by atoms with van der Waals surface area (Å²) in [6.45, 7) is 1.51. The molecule has 3 rings (SSSR count). The average Bonchev–Trinajstić information content (AvgIpc) is 3.16. The van der Waals surface area contributed by atoms with Gasteiger partial charge >= 0.3 is 0 Å². The second-order valence-corrected chi connectivity index (χ2v) is 6.58. The number of rotatable bonds is 7. The van der Waals surface area contributed by atoms with Crippen LogP contribution in [0.5, 0.6) is 0 Å². The first-order chi connectivity index (χ1) is 12.6. The fraction of sp³-hybridized carbons (Fsp3) is 0.350. The lowest BCUT2D eigenvalue weighted by Gasteiger charge is -2.19. The number of para-hydroxylation sites is 1. The van der Waals surface area contributed by atoms with E-state index in [2.05, 4.69) is 33.2 Å². The molecule has 1 aliphatic heterocycles. The van der Waals surface area contributed by atoms with E-state index in [4.69, 9.17) is 0 Å². The number of nitrogens with one attached hydrogen (secondary N) is 3. The van der Waals surface area contributed by atoms with Crippen molar-refractivity contribution in [1.29, 1.82) is 0 Å². The highest BCUT2D eigenvalue weighted by atomic mass is 19.1. The molecule has 0 bridgehead atoms. The Hall–Kier alpha value is -2.44. The first kappa shape index (κ1) is 18.4. The largest absolute Gasteiger partial charge is 0.375 e. The third-order valence-electron chi connectivity index (χ3n) is 4.66. The van der Waals surface area contributed by atoms with Crippen molar-refractivity contribution in [3.63, 3.8) is 0 Å². The minimum Gasteiger partial charge on any atom is -0.375 e. The van der Waals surface area contributed by atoms with Gasteiger partial charge in [0.15, 0.2) is 0 Å². The molecular formula is C20H25FN4O. The Morgan fingerprint density at radius 1 is 1.15 bits per heavy atom. The molecule has 0 aromatic heterocycles. The molecule has 1 fully saturated rings. The number of carbonyl (C=O) groups excluding carboxylic acids is 1. The van der Waals surface area contributed by atoms with E-state index in [1.54, 1.807) is 12.1 Å². The van der Waals surface area contributed by atoms with E-state index in [9.17, 15) is 9.18 Å². The SMILES string of the molecule is CN(CCCNC(=O)C1CC(c2ccc(F)cc2)NN1)c1ccccc1. The summed E-state index contributed by atoms with van der Waals surface area (Å²) in [6, 6.07) is 16.3. The van der Waals surface area contributed by atoms with Gasteiger partial charge in [0, 0.05) is 31.9 Å². The van der Waals surface area contributed by atoms with Crippen molar-refractivity contribution in [1.82, 2.24) is 16.2 Å². The van der Waals surface area contributed by atoms with E-state index in [1.165, 1.54) is 17.8 Å². The highest BCUT2D eigenvalue weighted by Gasteiger charge is 2.29. The molecule has 1 amide bonds. The lowest BCUT2D eigenvalue weighted by atomic mass is 10.0. The van der Waals surface area contributed by atoms with Gasteiger partial charge in [-0.05, 0) is 42.7 Å². The van der Waals surface area contributed by atoms with E-state index in [-0.39, 0.29) is 23.8 Å². The zero-order chi connectivity index (χ0) is 18.4. The first-order valence-electron chi connectivity index (χ1n) is 8.94. The van der Waals surface area contributed by atoms with Crippen LogP contribution in [0.1, 0.15) is 24.4 Å². The maximum Gasteiger partial charge on any atom is 0.238 e. The number of halogens is 1. The molecule has 138 valence electrons. The third-order valence-corrected chi connectivity index (χ3v) is 4.66. The monoisotopic (exact) mass is 356 g/mol. The van der Waals surface area contributed by atoms with Gasteiger partial charge in [-0.25, -0.2) is 15.2 Å². The van der Waals surface area contributed by atoms with Crippen LogP contribution in [0, 0.1) is 5.82 Å². The molecule has 3 N–H and O–H groups in total. The van der Waals surface area contributed by atoms with Crippen LogP contribution >= 0.6 is 0 Å². The van der Waals surface area contributed by atoms with Gasteiger partial charge in [-0.1, -0.05) is 30.3 Å². The van der Waals surface area contributed by atoms with Crippen molar-refractivity contribution in [3.8, 4) is 0 Å². The Morgan fingerprint density at radius 2 is 1.88 bits per heavy atom. The summed E-state index contributed by atoms with van der Waals surface area (Å²) in [4.78, 5) is 14.5. The molecule has 2 unspecified atom stereocenters. The van der Waals surface area contributed by atoms with Crippen LogP contribution in [-0.2, 0) is 4.79 Å². The number of anilines is 1. The quantitative estimate of drug-likeness (QED) is 0.667. The highest BCUT2D eigenvalue weighted by molar-refractivity contribution is 5.82. The molecule has 6 heteroatoms. The number of nitrogens with zero attached hydrogens (tertiary/aromatic N) is 1. The zero-order valence-electron chi connectivity index (χ0n) is 14.9. The number of hydrogen-bond acceptors (Lipinski definition) is 4. The van der Waals surface area contributed by atoms with Gasteiger partial charge in [0.05, 0.1) is 0 Å². The van der Waals surface area contributed by atoms with E-state index >= 15 is 0 Å². The van der Waals surface area contributed by atoms with Crippen molar-refractivity contribution in [3.05, 3.63) is 66.0 Å². The topological polar surface area (TPSA) is 56.4 Å². The molecule has 0 radical (unpaired) electrons. The molecule has 2 aromatic rings. The molecule has 26 heavy (non-hydrogen) atoms. The fourth-order valence-electron chi connectivity index (χ4n) is 3.10. The van der Waals surface area contributed by atoms with Crippen molar-refractivity contribution in [2.24, 2.45) is 0 Å². The predicted molar refractivity (Wildman–Crippen MR) is 101 cm³/mol. The summed E-state index contributed by atoms with van der Waals surface area (Å²) in [5.41, 5.74) is 8.28. The minimum absolute atomic E-state index is 0.00974. The van der Waals surface area contributed by atoms with Crippen LogP contribution in [0.2, 0.25) is 0 Å². The lowest BCUT2D eigenvalue weighted by molar-refractivity contribution is -0.122. The van der Waals surface area contributed by atoms with Gasteiger partial charge in [-0.2, -0.15) is 0 Å². The average molecular weight is 356 g/mol. The van der Waals surface area contributed by atoms with Gasteiger partial charge in [-0.15, -0.1) is 0 Å². The molecule has 2 atom stereocenters. The summed E-state index contributed by atoms with van der Waals surface area (Å²) in [7, 11) is 2.05. The molecule has 0 saturated carbocycles. The maximum atomic E-state index is 13.0. The van der Waals surface area contributed by atoms with Crippen molar-refractivity contribution in [2.45, 2.75) is 24.9 Å². The molecule has 0 spiro atoms. The minimum atomic E-state index is -0.281. The standard InChI is InChI=1S/C20H25FN4O/c1-25(17-6-3-2-4-7-17)13-5-12-22-20(26)19-14-18(23-24-19)15-8-10-16(21)11-9-15/h2-4,6-11,18-19,23-24H,5,12-14H2,1H3,(H,22,26). The number of carbonyl (C=O) groups is 1. The first-order valence-corrected chi connectivity index (χ1v) is 8.94. The Morgan fingerprint density at radius 3 is 2.62 bits per heavy atom. The fourth-order valence-corrected chi connectivity index (χ4v) is 3.10. The molecular weight excluding hydrogens is 331 g/mol. The molecule has 0 aliphatic carbocycles. The van der Waals surface area contributed by atoms with Crippen LogP contribution in [0.4, 0.5) is 10.1 Å². The van der Waals surface area contributed by atoms with Crippen LogP contribution in [-0.4, -0.2) is 32.1 Å². The number of benzene rings is 2. The molecule has 1 aliphatic rings. The molecule has 5 nitrogen and oxygen atoms in total. The van der Waals surface area contributed by atoms with Crippen molar-refractivity contribution in [2.75, 3.05) is 25.0 Å². The van der Waals surface area contributed by atoms with Crippen LogP contribution in [0.15, 0.2) is 54.6 Å². The summed E-state index contributed by atoms with van der Waals surface area (Å²) in [5.74, 6) is -0.265. The van der Waals surface area contributed by atoms with Gasteiger partial charge in [0.1, 0.15) is 11.9 Å². The lowest BCUT2D eigenvalue weighted by Crippen LogP contribution is -2.43. The van der Waals surface area contributed by atoms with Gasteiger partial charge < -0.3 is 10.2 Å². The van der Waals surface area contributed by atoms with Gasteiger partial charge in [0.2, 0.25) is 5.91 Å². The normalized spacial score (nSPS) is 19.3. The molecule has 1 heterocycles. The second kappa shape index (κ2) is 8.78. The van der Waals surface area contributed by atoms with E-state index in [0.29, 0.717) is 13.0 Å².